The SMILES string of the molecule is c1ccc(Cc2cn3c(cnc4[nH]cc(C5CCOCC5)c43)n2)cc1. The number of ether oxygens (including phenoxy) is 1. The predicted molar refractivity (Wildman–Crippen MR) is 96.9 cm³/mol. The van der Waals surface area contributed by atoms with Crippen molar-refractivity contribution >= 4 is 16.8 Å². The number of aromatic nitrogens is 4. The summed E-state index contributed by atoms with van der Waals surface area (Å²) < 4.78 is 7.72. The first kappa shape index (κ1) is 14.7. The molecule has 1 aliphatic rings. The maximum Gasteiger partial charge on any atom is 0.156 e. The quantitative estimate of drug-likeness (QED) is 0.622. The number of imidazole rings is 1. The minimum atomic E-state index is 0.523. The molecule has 0 radical (unpaired) electrons. The van der Waals surface area contributed by atoms with Crippen molar-refractivity contribution in [3.05, 3.63) is 65.7 Å². The fraction of sp³-hybridized carbons (Fsp3) is 0.300. The molecule has 3 aromatic heterocycles. The van der Waals surface area contributed by atoms with E-state index in [1.54, 1.807) is 0 Å². The van der Waals surface area contributed by atoms with Crippen LogP contribution in [0.2, 0.25) is 0 Å². The van der Waals surface area contributed by atoms with Gasteiger partial charge in [0.05, 0.1) is 17.4 Å². The highest BCUT2D eigenvalue weighted by molar-refractivity contribution is 5.79. The van der Waals surface area contributed by atoms with Gasteiger partial charge in [-0.2, -0.15) is 0 Å². The zero-order chi connectivity index (χ0) is 16.6. The number of H-pyrrole nitrogens is 1. The van der Waals surface area contributed by atoms with Gasteiger partial charge in [-0.3, -0.25) is 4.40 Å². The number of rotatable bonds is 3. The molecular weight excluding hydrogens is 312 g/mol. The molecule has 4 aromatic rings. The Hall–Kier alpha value is -2.66. The normalized spacial score (nSPS) is 16.0. The Morgan fingerprint density at radius 3 is 2.84 bits per heavy atom. The lowest BCUT2D eigenvalue weighted by Gasteiger charge is -2.21. The van der Waals surface area contributed by atoms with Gasteiger partial charge >= 0.3 is 0 Å². The largest absolute Gasteiger partial charge is 0.381 e. The lowest BCUT2D eigenvalue weighted by Crippen LogP contribution is -2.14. The zero-order valence-electron chi connectivity index (χ0n) is 14.0. The summed E-state index contributed by atoms with van der Waals surface area (Å²) in [4.78, 5) is 12.7. The minimum absolute atomic E-state index is 0.523. The highest BCUT2D eigenvalue weighted by atomic mass is 16.5. The van der Waals surface area contributed by atoms with Crippen molar-refractivity contribution < 1.29 is 4.74 Å². The minimum Gasteiger partial charge on any atom is -0.381 e. The molecule has 0 unspecified atom stereocenters. The van der Waals surface area contributed by atoms with Gasteiger partial charge in [0.2, 0.25) is 0 Å². The first-order valence-electron chi connectivity index (χ1n) is 8.84. The van der Waals surface area contributed by atoms with Crippen LogP contribution in [0.3, 0.4) is 0 Å². The van der Waals surface area contributed by atoms with E-state index in [2.05, 4.69) is 51.0 Å². The molecular formula is C20H20N4O. The monoisotopic (exact) mass is 332 g/mol. The Balaban J connectivity index is 1.60. The maximum atomic E-state index is 5.52. The van der Waals surface area contributed by atoms with E-state index in [1.807, 2.05) is 12.3 Å². The van der Waals surface area contributed by atoms with Crippen LogP contribution >= 0.6 is 0 Å². The molecule has 5 heteroatoms. The summed E-state index contributed by atoms with van der Waals surface area (Å²) >= 11 is 0. The van der Waals surface area contributed by atoms with Gasteiger partial charge in [0, 0.05) is 32.0 Å². The third-order valence-electron chi connectivity index (χ3n) is 5.08. The van der Waals surface area contributed by atoms with Gasteiger partial charge in [0.15, 0.2) is 11.3 Å². The highest BCUT2D eigenvalue weighted by Crippen LogP contribution is 2.32. The summed E-state index contributed by atoms with van der Waals surface area (Å²) in [6, 6.07) is 10.5. The van der Waals surface area contributed by atoms with Gasteiger partial charge in [-0.1, -0.05) is 30.3 Å². The van der Waals surface area contributed by atoms with Gasteiger partial charge in [-0.15, -0.1) is 0 Å². The van der Waals surface area contributed by atoms with Crippen LogP contribution in [-0.2, 0) is 11.2 Å². The molecule has 0 spiro atoms. The third kappa shape index (κ3) is 2.61. The van der Waals surface area contributed by atoms with Crippen molar-refractivity contribution in [2.75, 3.05) is 13.2 Å². The molecule has 25 heavy (non-hydrogen) atoms. The third-order valence-corrected chi connectivity index (χ3v) is 5.08. The Morgan fingerprint density at radius 1 is 1.16 bits per heavy atom. The molecule has 1 aromatic carbocycles. The van der Waals surface area contributed by atoms with Gasteiger partial charge in [0.25, 0.3) is 0 Å². The zero-order valence-corrected chi connectivity index (χ0v) is 14.0. The number of hydrogen-bond acceptors (Lipinski definition) is 3. The second-order valence-electron chi connectivity index (χ2n) is 6.71. The van der Waals surface area contributed by atoms with E-state index in [0.29, 0.717) is 5.92 Å². The lowest BCUT2D eigenvalue weighted by atomic mass is 9.93. The Bertz CT molecular complexity index is 1010. The molecule has 1 N–H and O–H groups in total. The van der Waals surface area contributed by atoms with E-state index in [1.165, 1.54) is 11.1 Å². The van der Waals surface area contributed by atoms with Crippen LogP contribution in [0, 0.1) is 0 Å². The molecule has 126 valence electrons. The van der Waals surface area contributed by atoms with Crippen LogP contribution in [0.1, 0.15) is 35.6 Å². The Morgan fingerprint density at radius 2 is 2.00 bits per heavy atom. The Kier molecular flexibility index (Phi) is 3.52. The van der Waals surface area contributed by atoms with E-state index in [0.717, 1.165) is 55.0 Å². The van der Waals surface area contributed by atoms with E-state index in [-0.39, 0.29) is 0 Å². The first-order valence-corrected chi connectivity index (χ1v) is 8.84. The molecule has 0 amide bonds. The van der Waals surface area contributed by atoms with Crippen LogP contribution in [0.25, 0.3) is 16.8 Å². The van der Waals surface area contributed by atoms with Gasteiger partial charge < -0.3 is 9.72 Å². The van der Waals surface area contributed by atoms with Crippen LogP contribution < -0.4 is 0 Å². The van der Waals surface area contributed by atoms with E-state index in [4.69, 9.17) is 9.72 Å². The van der Waals surface area contributed by atoms with E-state index >= 15 is 0 Å². The van der Waals surface area contributed by atoms with Crippen molar-refractivity contribution in [2.24, 2.45) is 0 Å². The lowest BCUT2D eigenvalue weighted by molar-refractivity contribution is 0.0856. The number of nitrogens with one attached hydrogen (secondary N) is 1. The van der Waals surface area contributed by atoms with Crippen molar-refractivity contribution in [1.29, 1.82) is 0 Å². The molecule has 5 nitrogen and oxygen atoms in total. The number of fused-ring (bicyclic) bond motifs is 3. The van der Waals surface area contributed by atoms with Crippen LogP contribution in [0.15, 0.2) is 48.9 Å². The van der Waals surface area contributed by atoms with Crippen molar-refractivity contribution in [1.82, 2.24) is 19.4 Å². The summed E-state index contributed by atoms with van der Waals surface area (Å²) in [6.07, 6.45) is 9.08. The summed E-state index contributed by atoms with van der Waals surface area (Å²) in [5.41, 5.74) is 6.67. The summed E-state index contributed by atoms with van der Waals surface area (Å²) in [7, 11) is 0. The van der Waals surface area contributed by atoms with Crippen LogP contribution in [0.4, 0.5) is 0 Å². The van der Waals surface area contributed by atoms with Crippen molar-refractivity contribution in [3.63, 3.8) is 0 Å². The highest BCUT2D eigenvalue weighted by Gasteiger charge is 2.21. The fourth-order valence-corrected chi connectivity index (χ4v) is 3.82. The second-order valence-corrected chi connectivity index (χ2v) is 6.71. The molecule has 4 heterocycles. The van der Waals surface area contributed by atoms with Gasteiger partial charge in [0.1, 0.15) is 0 Å². The molecule has 5 rings (SSSR count). The molecule has 0 bridgehead atoms. The maximum absolute atomic E-state index is 5.52. The van der Waals surface area contributed by atoms with Crippen molar-refractivity contribution in [3.8, 4) is 0 Å². The van der Waals surface area contributed by atoms with Gasteiger partial charge in [-0.05, 0) is 29.9 Å². The standard InChI is InChI=1S/C20H20N4O/c1-2-4-14(5-3-1)10-16-13-24-18(23-16)12-22-20-19(24)17(11-21-20)15-6-8-25-9-7-15/h1-5,11-13,15,21H,6-10H2. The fourth-order valence-electron chi connectivity index (χ4n) is 3.82. The summed E-state index contributed by atoms with van der Waals surface area (Å²) in [6.45, 7) is 1.67. The molecule has 0 atom stereocenters. The molecule has 1 saturated heterocycles. The van der Waals surface area contributed by atoms with Gasteiger partial charge in [-0.25, -0.2) is 9.97 Å². The van der Waals surface area contributed by atoms with Crippen LogP contribution in [-0.4, -0.2) is 32.6 Å². The topological polar surface area (TPSA) is 55.2 Å². The Labute approximate surface area is 145 Å². The second kappa shape index (κ2) is 6.01. The smallest absolute Gasteiger partial charge is 0.156 e. The number of hydrogen-bond donors (Lipinski definition) is 1. The van der Waals surface area contributed by atoms with E-state index < -0.39 is 0 Å². The average molecular weight is 332 g/mol. The summed E-state index contributed by atoms with van der Waals surface area (Å²) in [5.74, 6) is 0.523. The van der Waals surface area contributed by atoms with E-state index in [9.17, 15) is 0 Å². The molecule has 0 saturated carbocycles. The number of nitrogens with zero attached hydrogens (tertiary/aromatic N) is 3. The molecule has 1 fully saturated rings. The summed E-state index contributed by atoms with van der Waals surface area (Å²) in [5, 5.41) is 0. The predicted octanol–water partition coefficient (Wildman–Crippen LogP) is 3.70. The van der Waals surface area contributed by atoms with Crippen LogP contribution in [0.5, 0.6) is 0 Å². The first-order chi connectivity index (χ1) is 12.4. The number of benzene rings is 1. The molecule has 0 aliphatic carbocycles. The number of aromatic amines is 1. The van der Waals surface area contributed by atoms with Crippen molar-refractivity contribution in [2.45, 2.75) is 25.2 Å². The molecule has 1 aliphatic heterocycles. The average Bonchev–Trinajstić information content (AvgIpc) is 3.26.